The maximum absolute atomic E-state index is 8.19. The number of fused-ring (bicyclic) bond motifs is 14. The minimum atomic E-state index is -0.548. The summed E-state index contributed by atoms with van der Waals surface area (Å²) in [5.74, 6) is 5.52. The normalized spacial score (nSPS) is 12.9. The molecule has 0 saturated carbocycles. The summed E-state index contributed by atoms with van der Waals surface area (Å²) in [5.41, 5.74) is 28.2. The number of allylic oxidation sites excluding steroid dienone is 2. The zero-order valence-corrected chi connectivity index (χ0v) is 86.6. The standard InChI is InChI=1S/C121H109N9O13.O.2V/c1-15-17-19-27-59-121(60-28-20-18-16-2)87-61-73(111-91-47-49-95(124-91)113(75-63-103(131-3)117(139-11)104(64-75)132-4)89-45-38-79(122-89)71-80-39-46-90(123-80)114(96-50-48-92(111)125-96)76-65-105(133-5)118(140-12)106(66-76)134-6)36-43-84(87)85-44-37-74(62-88(85)121)112-93-51-53-97(126-93)115(77-67-107(135-7)119(141-13)108(68-77)136-8)101-57-55-99-86(42-35-72-33-40-83(41-34-72)128(81-29-23-21-24-30-81)82-31-25-22-26-32-82)100-56-58-102(130(100)143-129(99)101)116(98-54-52-94(112)127-98)78-69-109(137-9)120(142-14)110(70-78)138-10;;;/h21-26,29-58,61-71H,15-20,27-28,59-60H2,1-14H3;;;/q-2;;;+2/b42-35+,79-71?,80-71?,111-91?,111-92?,112-93?,112-94?,113-89?,113-95?,114-90?,114-96?,115-97?,115-101?,116-98?,116-102?;;;. The van der Waals surface area contributed by atoms with Gasteiger partial charge in [0, 0.05) is 46.6 Å². The van der Waals surface area contributed by atoms with Crippen LogP contribution < -0.4 is 92.1 Å². The molecule has 7 aliphatic rings. The van der Waals surface area contributed by atoms with Crippen molar-refractivity contribution in [2.45, 2.75) is 83.5 Å². The van der Waals surface area contributed by atoms with Crippen LogP contribution in [-0.2, 0) is 45.0 Å². The van der Waals surface area contributed by atoms with Crippen LogP contribution in [0.2, 0.25) is 0 Å². The quantitative estimate of drug-likeness (QED) is 0.0275. The summed E-state index contributed by atoms with van der Waals surface area (Å²) in [5, 5.41) is 1.32. The summed E-state index contributed by atoms with van der Waals surface area (Å²) in [6.45, 7) is 4.57. The zero-order chi connectivity index (χ0) is 100. The summed E-state index contributed by atoms with van der Waals surface area (Å²) >= 11 is 1.06. The first-order chi connectivity index (χ1) is 71.2. The number of nitrogens with zero attached hydrogens (tertiary/aromatic N) is 9. The number of unbranched alkanes of at least 4 members (excludes halogenated alkanes) is 6. The van der Waals surface area contributed by atoms with Crippen molar-refractivity contribution in [2.24, 2.45) is 4.99 Å². The van der Waals surface area contributed by atoms with E-state index in [1.54, 1.807) is 85.3 Å². The molecular formula is C121H109N9O14V2. The molecule has 14 bridgehead atoms. The van der Waals surface area contributed by atoms with Crippen molar-refractivity contribution >= 4 is 104 Å². The van der Waals surface area contributed by atoms with Gasteiger partial charge in [-0.1, -0.05) is 187 Å². The molecule has 6 aliphatic heterocycles. The van der Waals surface area contributed by atoms with Gasteiger partial charge in [-0.15, -0.1) is 37.4 Å². The van der Waals surface area contributed by atoms with E-state index in [1.807, 2.05) is 100 Å². The van der Waals surface area contributed by atoms with Gasteiger partial charge in [0.1, 0.15) is 0 Å². The Morgan fingerprint density at radius 1 is 0.390 bits per heavy atom. The van der Waals surface area contributed by atoms with Gasteiger partial charge in [-0.2, -0.15) is 0 Å². The van der Waals surface area contributed by atoms with E-state index in [2.05, 4.69) is 213 Å². The van der Waals surface area contributed by atoms with Crippen LogP contribution >= 0.6 is 0 Å². The van der Waals surface area contributed by atoms with Crippen LogP contribution in [0.5, 0.6) is 69.0 Å². The van der Waals surface area contributed by atoms with Gasteiger partial charge in [0.2, 0.25) is 23.0 Å². The van der Waals surface area contributed by atoms with Gasteiger partial charge >= 0.3 is 21.0 Å². The molecule has 0 saturated heterocycles. The molecule has 732 valence electrons. The van der Waals surface area contributed by atoms with E-state index in [1.165, 1.54) is 11.1 Å². The van der Waals surface area contributed by atoms with Crippen molar-refractivity contribution in [3.8, 4) is 119 Å². The molecule has 0 N–H and O–H groups in total. The summed E-state index contributed by atoms with van der Waals surface area (Å²) < 4.78 is 92.9. The molecule has 9 aromatic carbocycles. The summed E-state index contributed by atoms with van der Waals surface area (Å²) in [4.78, 5) is 36.5. The fourth-order valence-electron chi connectivity index (χ4n) is 21.2. The van der Waals surface area contributed by atoms with Crippen LogP contribution in [0.3, 0.4) is 0 Å². The van der Waals surface area contributed by atoms with E-state index in [9.17, 15) is 0 Å². The predicted octanol–water partition coefficient (Wildman–Crippen LogP) is 24.5. The van der Waals surface area contributed by atoms with Crippen LogP contribution in [0.4, 0.5) is 17.1 Å². The SMILES string of the molecule is CCCCCCC1(CCCCCC)c2cc(C3=c4ccc([n-]4)=C(c4cc(OC)c(OC)c(OC)c4)c4ccc5c(/C=C/c6ccc(N(c7ccccc7)c7ccccc7)cc6)c6ccc(n6o[n+]4-5)C(c4cc(OC)c(OC)c(OC)c4)=C4C=CC3=N4)ccc2-c2ccc(-c3c4nc(c(-c5cc(OC)c(OC)c(OC)c5)c5ccc(cc6nc(c(-c7cc(OC)c(OC)c(OC)c7)c7ccc3[n-]7)C=C6)[n-]5)C=C4)cc21.[O]=[V+2].[V]. The molecule has 0 atom stereocenters. The van der Waals surface area contributed by atoms with E-state index in [0.29, 0.717) is 170 Å². The summed E-state index contributed by atoms with van der Waals surface area (Å²) in [6, 6.07) is 82.3. The molecule has 14 aromatic rings. The van der Waals surface area contributed by atoms with E-state index in [-0.39, 0.29) is 18.6 Å². The van der Waals surface area contributed by atoms with Gasteiger partial charge in [0.05, 0.1) is 131 Å². The van der Waals surface area contributed by atoms with Crippen LogP contribution in [0.25, 0.3) is 131 Å². The maximum Gasteiger partial charge on any atom is 0 e. The number of aliphatic imine (C=N–C) groups is 1. The van der Waals surface area contributed by atoms with Crippen LogP contribution in [0.15, 0.2) is 264 Å². The number of aromatic nitrogens is 7. The third-order valence-electron chi connectivity index (χ3n) is 27.9. The smallest absolute Gasteiger partial charge is 0 e. The number of hydrogen-bond donors (Lipinski definition) is 0. The van der Waals surface area contributed by atoms with E-state index in [4.69, 9.17) is 95.1 Å². The van der Waals surface area contributed by atoms with E-state index >= 15 is 0 Å². The number of benzene rings is 9. The molecule has 0 amide bonds. The predicted molar refractivity (Wildman–Crippen MR) is 567 cm³/mol. The molecule has 25 heteroatoms. The molecule has 5 aromatic heterocycles. The fourth-order valence-corrected chi connectivity index (χ4v) is 21.2. The van der Waals surface area contributed by atoms with Crippen molar-refractivity contribution in [1.82, 2.24) is 29.5 Å². The molecular weight excluding hydrogens is 1910 g/mol. The number of anilines is 3. The number of ether oxygens (including phenoxy) is 12. The monoisotopic (exact) mass is 2010 g/mol. The first kappa shape index (κ1) is 98.8. The number of rotatable bonds is 33. The molecule has 23 nitrogen and oxygen atoms in total. The van der Waals surface area contributed by atoms with Crippen molar-refractivity contribution < 1.29 is 106 Å². The van der Waals surface area contributed by atoms with Gasteiger partial charge in [-0.3, -0.25) is 0 Å². The van der Waals surface area contributed by atoms with Crippen molar-refractivity contribution in [3.05, 3.63) is 338 Å². The first-order valence-electron chi connectivity index (χ1n) is 48.5. The second-order valence-electron chi connectivity index (χ2n) is 35.9. The Bertz CT molecular complexity index is 7990. The second kappa shape index (κ2) is 42.9. The third kappa shape index (κ3) is 18.0. The number of methoxy groups -OCH3 is 12. The summed E-state index contributed by atoms with van der Waals surface area (Å²) in [7, 11) is 19.5. The van der Waals surface area contributed by atoms with Gasteiger partial charge < -0.3 is 76.7 Å². The third-order valence-corrected chi connectivity index (χ3v) is 27.9. The Labute approximate surface area is 868 Å². The topological polar surface area (TPSA) is 233 Å². The minimum Gasteiger partial charge on any atom is 0 e. The Kier molecular flexibility index (Phi) is 29.1. The van der Waals surface area contributed by atoms with Gasteiger partial charge in [0.15, 0.2) is 68.6 Å². The van der Waals surface area contributed by atoms with Gasteiger partial charge in [-0.05, 0) is 269 Å². The molecule has 1 radical (unpaired) electrons. The Morgan fingerprint density at radius 3 is 1.36 bits per heavy atom. The van der Waals surface area contributed by atoms with Crippen molar-refractivity contribution in [2.75, 3.05) is 90.2 Å². The molecule has 0 fully saturated rings. The van der Waals surface area contributed by atoms with Crippen LogP contribution in [-0.4, -0.2) is 106 Å². The molecule has 11 heterocycles. The molecule has 0 unspecified atom stereocenters. The van der Waals surface area contributed by atoms with Gasteiger partial charge in [-0.25, -0.2) is 15.0 Å². The molecule has 0 spiro atoms. The largest absolute Gasteiger partial charge is 0 e. The zero-order valence-electron chi connectivity index (χ0n) is 83.8. The first-order valence-corrected chi connectivity index (χ1v) is 49.1. The summed E-state index contributed by atoms with van der Waals surface area (Å²) in [6.07, 6.45) is 26.8. The Balaban J connectivity index is 0.00000446. The average Bonchev–Trinajstić information content (AvgIpc) is 1.55. The average molecular weight is 2020 g/mol. The molecule has 1 aliphatic carbocycles. The van der Waals surface area contributed by atoms with Gasteiger partial charge in [0.25, 0.3) is 0 Å². The Hall–Kier alpha value is -15.9. The minimum absolute atomic E-state index is 0. The van der Waals surface area contributed by atoms with Crippen LogP contribution in [0.1, 0.15) is 151 Å². The second-order valence-corrected chi connectivity index (χ2v) is 35.9. The number of hydrogen-bond acceptors (Lipinski definition) is 18. The Morgan fingerprint density at radius 2 is 0.849 bits per heavy atom. The fraction of sp³-hybridized carbons (Fsp3) is 0.207. The molecule has 146 heavy (non-hydrogen) atoms. The van der Waals surface area contributed by atoms with E-state index < -0.39 is 5.41 Å². The molecule has 21 rings (SSSR count). The van der Waals surface area contributed by atoms with Crippen molar-refractivity contribution in [1.29, 1.82) is 0 Å². The van der Waals surface area contributed by atoms with E-state index in [0.717, 1.165) is 177 Å². The van der Waals surface area contributed by atoms with Crippen LogP contribution in [0, 0.1) is 0 Å². The van der Waals surface area contributed by atoms with Crippen molar-refractivity contribution in [3.63, 3.8) is 0 Å². The maximum atomic E-state index is 8.19. The number of para-hydroxylation sites is 2.